The van der Waals surface area contributed by atoms with Crippen LogP contribution >= 0.6 is 11.6 Å². The first-order valence-corrected chi connectivity index (χ1v) is 12.5. The summed E-state index contributed by atoms with van der Waals surface area (Å²) >= 11 is 5.94. The molecule has 1 heterocycles. The van der Waals surface area contributed by atoms with Crippen LogP contribution < -0.4 is 5.32 Å². The van der Waals surface area contributed by atoms with Crippen LogP contribution in [0.2, 0.25) is 5.02 Å². The summed E-state index contributed by atoms with van der Waals surface area (Å²) in [4.78, 5) is 39.7. The van der Waals surface area contributed by atoms with Gasteiger partial charge in [0.2, 0.25) is 11.8 Å². The molecule has 0 aromatic heterocycles. The average Bonchev–Trinajstić information content (AvgIpc) is 3.00. The molecule has 0 saturated carbocycles. The van der Waals surface area contributed by atoms with Gasteiger partial charge in [-0.05, 0) is 43.2 Å². The molecule has 176 valence electrons. The van der Waals surface area contributed by atoms with E-state index in [0.29, 0.717) is 11.6 Å². The van der Waals surface area contributed by atoms with Gasteiger partial charge in [0.05, 0.1) is 5.56 Å². The zero-order chi connectivity index (χ0) is 24.2. The van der Waals surface area contributed by atoms with Crippen LogP contribution in [0.25, 0.3) is 0 Å². The summed E-state index contributed by atoms with van der Waals surface area (Å²) in [5, 5.41) is 3.32. The van der Waals surface area contributed by atoms with Crippen molar-refractivity contribution in [3.63, 3.8) is 0 Å². The van der Waals surface area contributed by atoms with Crippen LogP contribution in [-0.4, -0.2) is 54.5 Å². The van der Waals surface area contributed by atoms with Gasteiger partial charge in [0.25, 0.3) is 15.9 Å². The lowest BCUT2D eigenvalue weighted by Gasteiger charge is -2.29. The summed E-state index contributed by atoms with van der Waals surface area (Å²) in [7, 11) is -4.01. The molecule has 0 unspecified atom stereocenters. The zero-order valence-electron chi connectivity index (χ0n) is 18.5. The van der Waals surface area contributed by atoms with Crippen LogP contribution in [0.3, 0.4) is 0 Å². The van der Waals surface area contributed by atoms with Gasteiger partial charge in [0.1, 0.15) is 10.9 Å². The van der Waals surface area contributed by atoms with Crippen LogP contribution in [0.15, 0.2) is 53.4 Å². The fourth-order valence-corrected chi connectivity index (χ4v) is 5.25. The molecule has 2 aromatic rings. The molecule has 0 saturated heterocycles. The summed E-state index contributed by atoms with van der Waals surface area (Å²) in [6, 6.07) is 12.1. The molecule has 8 nitrogen and oxygen atoms in total. The topological polar surface area (TPSA) is 104 Å². The molecule has 3 rings (SSSR count). The van der Waals surface area contributed by atoms with E-state index in [-0.39, 0.29) is 35.9 Å². The Morgan fingerprint density at radius 2 is 1.79 bits per heavy atom. The van der Waals surface area contributed by atoms with Gasteiger partial charge in [0.15, 0.2) is 0 Å². The highest BCUT2D eigenvalue weighted by molar-refractivity contribution is 7.90. The zero-order valence-corrected chi connectivity index (χ0v) is 20.0. The Labute approximate surface area is 198 Å². The number of fused-ring (bicyclic) bond motifs is 1. The molecule has 2 aromatic carbocycles. The molecule has 33 heavy (non-hydrogen) atoms. The first-order valence-electron chi connectivity index (χ1n) is 10.6. The highest BCUT2D eigenvalue weighted by Gasteiger charge is 2.41. The molecule has 0 fully saturated rings. The number of sulfonamides is 1. The van der Waals surface area contributed by atoms with E-state index in [4.69, 9.17) is 11.6 Å². The predicted molar refractivity (Wildman–Crippen MR) is 124 cm³/mol. The van der Waals surface area contributed by atoms with Gasteiger partial charge in [-0.1, -0.05) is 42.8 Å². The Morgan fingerprint density at radius 3 is 2.42 bits per heavy atom. The smallest absolute Gasteiger partial charge is 0.269 e. The van der Waals surface area contributed by atoms with Gasteiger partial charge in [-0.3, -0.25) is 14.4 Å². The Balaban J connectivity index is 1.77. The quantitative estimate of drug-likeness (QED) is 0.581. The van der Waals surface area contributed by atoms with E-state index in [1.54, 1.807) is 43.3 Å². The third-order valence-corrected chi connectivity index (χ3v) is 7.52. The van der Waals surface area contributed by atoms with Gasteiger partial charge in [-0.15, -0.1) is 0 Å². The van der Waals surface area contributed by atoms with Gasteiger partial charge in [-0.25, -0.2) is 12.7 Å². The summed E-state index contributed by atoms with van der Waals surface area (Å²) in [6.45, 7) is 3.84. The van der Waals surface area contributed by atoms with Crippen molar-refractivity contribution in [1.29, 1.82) is 0 Å². The summed E-state index contributed by atoms with van der Waals surface area (Å²) in [6.07, 6.45) is 0.497. The molecule has 1 N–H and O–H groups in total. The van der Waals surface area contributed by atoms with E-state index >= 15 is 0 Å². The number of benzene rings is 2. The van der Waals surface area contributed by atoms with Crippen molar-refractivity contribution in [1.82, 2.24) is 14.5 Å². The Hall–Kier alpha value is -2.91. The normalized spacial score (nSPS) is 15.1. The lowest BCUT2D eigenvalue weighted by atomic mass is 10.1. The Kier molecular flexibility index (Phi) is 7.76. The lowest BCUT2D eigenvalue weighted by molar-refractivity contribution is -0.140. The third-order valence-electron chi connectivity index (χ3n) is 5.42. The van der Waals surface area contributed by atoms with Crippen molar-refractivity contribution in [3.05, 3.63) is 64.7 Å². The molecule has 1 aliphatic heterocycles. The van der Waals surface area contributed by atoms with Crippen molar-refractivity contribution < 1.29 is 22.8 Å². The molecule has 0 aliphatic carbocycles. The minimum Gasteiger partial charge on any atom is -0.354 e. The van der Waals surface area contributed by atoms with Gasteiger partial charge in [-0.2, -0.15) is 0 Å². The maximum Gasteiger partial charge on any atom is 0.269 e. The van der Waals surface area contributed by atoms with Crippen LogP contribution in [-0.2, 0) is 26.2 Å². The van der Waals surface area contributed by atoms with E-state index < -0.39 is 27.9 Å². The van der Waals surface area contributed by atoms with Gasteiger partial charge < -0.3 is 10.2 Å². The van der Waals surface area contributed by atoms with E-state index in [1.807, 2.05) is 6.92 Å². The number of rotatable bonds is 9. The van der Waals surface area contributed by atoms with Gasteiger partial charge >= 0.3 is 0 Å². The summed E-state index contributed by atoms with van der Waals surface area (Å²) < 4.78 is 26.2. The number of carbonyl (C=O) groups is 3. The molecule has 0 spiro atoms. The number of nitrogens with one attached hydrogen (secondary N) is 1. The molecular weight excluding hydrogens is 466 g/mol. The van der Waals surface area contributed by atoms with Crippen molar-refractivity contribution in [3.8, 4) is 0 Å². The van der Waals surface area contributed by atoms with Crippen LogP contribution in [0.5, 0.6) is 0 Å². The molecule has 0 bridgehead atoms. The van der Waals surface area contributed by atoms with Gasteiger partial charge in [0, 0.05) is 31.1 Å². The van der Waals surface area contributed by atoms with E-state index in [2.05, 4.69) is 5.32 Å². The van der Waals surface area contributed by atoms with Crippen LogP contribution in [0.1, 0.15) is 42.6 Å². The maximum absolute atomic E-state index is 13.2. The number of nitrogens with zero attached hydrogens (tertiary/aromatic N) is 2. The van der Waals surface area contributed by atoms with Crippen LogP contribution in [0.4, 0.5) is 0 Å². The molecule has 3 amide bonds. The number of halogens is 1. The fraction of sp³-hybridized carbons (Fsp3) is 0.348. The molecule has 10 heteroatoms. The first-order chi connectivity index (χ1) is 15.7. The second kappa shape index (κ2) is 10.4. The molecule has 1 atom stereocenters. The largest absolute Gasteiger partial charge is 0.354 e. The lowest BCUT2D eigenvalue weighted by Crippen LogP contribution is -2.48. The maximum atomic E-state index is 13.2. The van der Waals surface area contributed by atoms with Crippen LogP contribution in [0, 0.1) is 0 Å². The Bertz CT molecular complexity index is 1150. The molecule has 0 radical (unpaired) electrons. The number of hydrogen-bond donors (Lipinski definition) is 1. The second-order valence-corrected chi connectivity index (χ2v) is 10.0. The van der Waals surface area contributed by atoms with E-state index in [1.165, 1.54) is 17.0 Å². The predicted octanol–water partition coefficient (Wildman–Crippen LogP) is 2.82. The standard InChI is InChI=1S/C23H26ClN3O5S/c1-3-13-25-22(29)16(2)26(15-17-8-10-18(24)11-9-17)21(28)12-14-27-23(30)19-6-4-5-7-20(19)33(27,31)32/h4-11,16H,3,12-15H2,1-2H3,(H,25,29)/t16-/m1/s1. The van der Waals surface area contributed by atoms with Crippen molar-refractivity contribution >= 4 is 39.3 Å². The highest BCUT2D eigenvalue weighted by Crippen LogP contribution is 2.30. The van der Waals surface area contributed by atoms with Crippen molar-refractivity contribution in [2.75, 3.05) is 13.1 Å². The average molecular weight is 492 g/mol. The highest BCUT2D eigenvalue weighted by atomic mass is 35.5. The molecular formula is C23H26ClN3O5S. The molecule has 1 aliphatic rings. The fourth-order valence-electron chi connectivity index (χ4n) is 3.56. The van der Waals surface area contributed by atoms with E-state index in [9.17, 15) is 22.8 Å². The minimum absolute atomic E-state index is 0.0622. The van der Waals surface area contributed by atoms with E-state index in [0.717, 1.165) is 16.3 Å². The number of carbonyl (C=O) groups excluding carboxylic acids is 3. The monoisotopic (exact) mass is 491 g/mol. The Morgan fingerprint density at radius 1 is 1.12 bits per heavy atom. The number of amides is 3. The minimum atomic E-state index is -4.01. The van der Waals surface area contributed by atoms with Crippen molar-refractivity contribution in [2.24, 2.45) is 0 Å². The SMILES string of the molecule is CCCNC(=O)[C@@H](C)N(Cc1ccc(Cl)cc1)C(=O)CCN1C(=O)c2ccccc2S1(=O)=O. The summed E-state index contributed by atoms with van der Waals surface area (Å²) in [5.74, 6) is -1.41. The summed E-state index contributed by atoms with van der Waals surface area (Å²) in [5.41, 5.74) is 0.857. The number of hydrogen-bond acceptors (Lipinski definition) is 5. The first kappa shape index (κ1) is 24.7. The third kappa shape index (κ3) is 5.36. The second-order valence-electron chi connectivity index (χ2n) is 7.74. The van der Waals surface area contributed by atoms with Crippen molar-refractivity contribution in [2.45, 2.75) is 44.2 Å².